The zero-order valence-electron chi connectivity index (χ0n) is 15.1. The van der Waals surface area contributed by atoms with Gasteiger partial charge in [0.1, 0.15) is 5.65 Å². The Morgan fingerprint density at radius 1 is 1.31 bits per heavy atom. The number of hydrogen-bond acceptors (Lipinski definition) is 5. The molecule has 0 bridgehead atoms. The first-order chi connectivity index (χ1) is 12.7. The van der Waals surface area contributed by atoms with E-state index in [-0.39, 0.29) is 11.6 Å². The number of aryl methyl sites for hydroxylation is 2. The topological polar surface area (TPSA) is 77.6 Å². The van der Waals surface area contributed by atoms with Gasteiger partial charge in [-0.15, -0.1) is 0 Å². The number of aromatic nitrogens is 5. The van der Waals surface area contributed by atoms with E-state index in [0.29, 0.717) is 5.95 Å². The van der Waals surface area contributed by atoms with Gasteiger partial charge in [0.25, 0.3) is 5.56 Å². The van der Waals surface area contributed by atoms with Gasteiger partial charge in [0.15, 0.2) is 0 Å². The molecule has 3 heterocycles. The summed E-state index contributed by atoms with van der Waals surface area (Å²) >= 11 is 0. The van der Waals surface area contributed by atoms with Crippen molar-refractivity contribution in [1.29, 1.82) is 0 Å². The summed E-state index contributed by atoms with van der Waals surface area (Å²) in [6.07, 6.45) is 12.8. The molecule has 1 aliphatic carbocycles. The van der Waals surface area contributed by atoms with Crippen molar-refractivity contribution in [2.75, 3.05) is 11.9 Å². The molecular weight excluding hydrogens is 328 g/mol. The molecule has 7 heteroatoms. The molecule has 0 atom stereocenters. The van der Waals surface area contributed by atoms with Crippen LogP contribution in [0.1, 0.15) is 43.7 Å². The van der Waals surface area contributed by atoms with E-state index in [9.17, 15) is 4.79 Å². The third-order valence-electron chi connectivity index (χ3n) is 5.12. The van der Waals surface area contributed by atoms with Crippen LogP contribution in [0.25, 0.3) is 11.0 Å². The number of rotatable bonds is 6. The van der Waals surface area contributed by atoms with Crippen LogP contribution in [0, 0.1) is 6.92 Å². The van der Waals surface area contributed by atoms with Crippen molar-refractivity contribution in [3.63, 3.8) is 0 Å². The minimum Gasteiger partial charge on any atom is -0.354 e. The Morgan fingerprint density at radius 3 is 2.92 bits per heavy atom. The highest BCUT2D eigenvalue weighted by Crippen LogP contribution is 2.30. The maximum absolute atomic E-state index is 12.6. The molecule has 0 unspecified atom stereocenters. The summed E-state index contributed by atoms with van der Waals surface area (Å²) in [5.74, 6) is 0.583. The van der Waals surface area contributed by atoms with Crippen LogP contribution in [0.3, 0.4) is 0 Å². The Kier molecular flexibility index (Phi) is 4.69. The monoisotopic (exact) mass is 352 g/mol. The lowest BCUT2D eigenvalue weighted by Gasteiger charge is -2.17. The molecule has 0 saturated heterocycles. The molecule has 1 N–H and O–H groups in total. The minimum atomic E-state index is 0.0478. The normalized spacial score (nSPS) is 15.0. The van der Waals surface area contributed by atoms with Crippen LogP contribution in [0.15, 0.2) is 35.8 Å². The predicted molar refractivity (Wildman–Crippen MR) is 101 cm³/mol. The Hall–Kier alpha value is -2.70. The largest absolute Gasteiger partial charge is 0.354 e. The van der Waals surface area contributed by atoms with Crippen molar-refractivity contribution >= 4 is 17.0 Å². The molecule has 26 heavy (non-hydrogen) atoms. The Labute approximate surface area is 152 Å². The summed E-state index contributed by atoms with van der Waals surface area (Å²) < 4.78 is 3.93. The van der Waals surface area contributed by atoms with Crippen molar-refractivity contribution in [2.24, 2.45) is 0 Å². The summed E-state index contributed by atoms with van der Waals surface area (Å²) in [5.41, 5.74) is 1.74. The number of anilines is 1. The molecule has 1 saturated carbocycles. The van der Waals surface area contributed by atoms with Gasteiger partial charge in [0.2, 0.25) is 5.95 Å². The molecule has 136 valence electrons. The van der Waals surface area contributed by atoms with E-state index in [4.69, 9.17) is 4.98 Å². The van der Waals surface area contributed by atoms with Crippen LogP contribution in [0.2, 0.25) is 0 Å². The standard InChI is InChI=1S/C19H24N6O/c1-14-11-17(26)25(15-5-2-3-6-15)18-16(14)12-22-19(23-18)21-7-4-9-24-10-8-20-13-24/h8,10-13,15H,2-7,9H2,1H3,(H,21,22,23). The first kappa shape index (κ1) is 16.8. The van der Waals surface area contributed by atoms with Gasteiger partial charge in [-0.2, -0.15) is 4.98 Å². The maximum atomic E-state index is 12.6. The summed E-state index contributed by atoms with van der Waals surface area (Å²) in [7, 11) is 0. The van der Waals surface area contributed by atoms with Crippen molar-refractivity contribution in [1.82, 2.24) is 24.1 Å². The Morgan fingerprint density at radius 2 is 2.15 bits per heavy atom. The molecule has 4 rings (SSSR count). The molecule has 3 aromatic heterocycles. The molecule has 1 fully saturated rings. The minimum absolute atomic E-state index is 0.0478. The number of fused-ring (bicyclic) bond motifs is 1. The lowest BCUT2D eigenvalue weighted by Crippen LogP contribution is -2.25. The lowest BCUT2D eigenvalue weighted by molar-refractivity contribution is 0.515. The second kappa shape index (κ2) is 7.27. The van der Waals surface area contributed by atoms with Gasteiger partial charge in [-0.25, -0.2) is 9.97 Å². The van der Waals surface area contributed by atoms with Crippen LogP contribution in [-0.2, 0) is 6.54 Å². The molecule has 1 aliphatic rings. The first-order valence-electron chi connectivity index (χ1n) is 9.31. The lowest BCUT2D eigenvalue weighted by atomic mass is 10.1. The van der Waals surface area contributed by atoms with Crippen molar-refractivity contribution in [3.05, 3.63) is 46.9 Å². The van der Waals surface area contributed by atoms with Gasteiger partial charge in [-0.05, 0) is 31.7 Å². The summed E-state index contributed by atoms with van der Waals surface area (Å²) in [6.45, 7) is 3.61. The highest BCUT2D eigenvalue weighted by Gasteiger charge is 2.21. The van der Waals surface area contributed by atoms with Crippen molar-refractivity contribution in [2.45, 2.75) is 51.6 Å². The zero-order chi connectivity index (χ0) is 17.9. The fourth-order valence-corrected chi connectivity index (χ4v) is 3.75. The second-order valence-corrected chi connectivity index (χ2v) is 6.99. The average Bonchev–Trinajstić information content (AvgIpc) is 3.32. The predicted octanol–water partition coefficient (Wildman–Crippen LogP) is 2.91. The average molecular weight is 352 g/mol. The van der Waals surface area contributed by atoms with Gasteiger partial charge in [0.05, 0.1) is 6.33 Å². The van der Waals surface area contributed by atoms with E-state index in [1.54, 1.807) is 12.3 Å². The van der Waals surface area contributed by atoms with E-state index >= 15 is 0 Å². The number of nitrogens with one attached hydrogen (secondary N) is 1. The fourth-order valence-electron chi connectivity index (χ4n) is 3.75. The summed E-state index contributed by atoms with van der Waals surface area (Å²) in [4.78, 5) is 25.8. The van der Waals surface area contributed by atoms with E-state index in [1.807, 2.05) is 34.8 Å². The summed E-state index contributed by atoms with van der Waals surface area (Å²) in [5, 5.41) is 4.24. The quantitative estimate of drug-likeness (QED) is 0.690. The van der Waals surface area contributed by atoms with Crippen molar-refractivity contribution < 1.29 is 0 Å². The van der Waals surface area contributed by atoms with E-state index in [0.717, 1.165) is 48.9 Å². The first-order valence-corrected chi connectivity index (χ1v) is 9.31. The van der Waals surface area contributed by atoms with Crippen LogP contribution in [0.4, 0.5) is 5.95 Å². The zero-order valence-corrected chi connectivity index (χ0v) is 15.1. The van der Waals surface area contributed by atoms with Gasteiger partial charge in [-0.3, -0.25) is 9.36 Å². The van der Waals surface area contributed by atoms with Gasteiger partial charge >= 0.3 is 0 Å². The maximum Gasteiger partial charge on any atom is 0.252 e. The van der Waals surface area contributed by atoms with E-state index in [2.05, 4.69) is 15.3 Å². The molecule has 7 nitrogen and oxygen atoms in total. The number of hydrogen-bond donors (Lipinski definition) is 1. The van der Waals surface area contributed by atoms with Crippen molar-refractivity contribution in [3.8, 4) is 0 Å². The molecule has 0 aromatic carbocycles. The molecule has 3 aromatic rings. The van der Waals surface area contributed by atoms with E-state index < -0.39 is 0 Å². The van der Waals surface area contributed by atoms with Crippen LogP contribution in [-0.4, -0.2) is 30.6 Å². The Balaban J connectivity index is 1.56. The van der Waals surface area contributed by atoms with Crippen LogP contribution in [0.5, 0.6) is 0 Å². The Bertz CT molecular complexity index is 941. The summed E-state index contributed by atoms with van der Waals surface area (Å²) in [6, 6.07) is 1.97. The number of imidazole rings is 1. The number of pyridine rings is 1. The van der Waals surface area contributed by atoms with Crippen LogP contribution < -0.4 is 10.9 Å². The molecule has 0 aliphatic heterocycles. The third-order valence-corrected chi connectivity index (χ3v) is 5.12. The molecule has 0 amide bonds. The second-order valence-electron chi connectivity index (χ2n) is 6.99. The molecular formula is C19H24N6O. The smallest absolute Gasteiger partial charge is 0.252 e. The molecule has 0 spiro atoms. The third kappa shape index (κ3) is 3.34. The van der Waals surface area contributed by atoms with Gasteiger partial charge in [0, 0.05) is 49.2 Å². The highest BCUT2D eigenvalue weighted by molar-refractivity contribution is 5.79. The SMILES string of the molecule is Cc1cc(=O)n(C2CCCC2)c2nc(NCCCn3ccnc3)ncc12. The number of nitrogens with zero attached hydrogens (tertiary/aromatic N) is 5. The van der Waals surface area contributed by atoms with E-state index in [1.165, 1.54) is 12.8 Å². The van der Waals surface area contributed by atoms with Crippen LogP contribution >= 0.6 is 0 Å². The molecule has 0 radical (unpaired) electrons. The van der Waals surface area contributed by atoms with Gasteiger partial charge in [-0.1, -0.05) is 12.8 Å². The highest BCUT2D eigenvalue weighted by atomic mass is 16.1. The fraction of sp³-hybridized carbons (Fsp3) is 0.474. The van der Waals surface area contributed by atoms with Gasteiger partial charge < -0.3 is 9.88 Å².